The molecule has 0 radical (unpaired) electrons. The van der Waals surface area contributed by atoms with Crippen molar-refractivity contribution in [3.63, 3.8) is 0 Å². The molecule has 0 spiro atoms. The highest BCUT2D eigenvalue weighted by molar-refractivity contribution is 7.89. The second-order valence-corrected chi connectivity index (χ2v) is 9.01. The molecule has 0 aromatic heterocycles. The zero-order valence-electron chi connectivity index (χ0n) is 18.1. The lowest BCUT2D eigenvalue weighted by Crippen LogP contribution is -2.40. The fourth-order valence-electron chi connectivity index (χ4n) is 3.19. The molecule has 32 heavy (non-hydrogen) atoms. The molecule has 0 bridgehead atoms. The number of hydrogen-bond donors (Lipinski definition) is 1. The highest BCUT2D eigenvalue weighted by Gasteiger charge is 2.26. The predicted molar refractivity (Wildman–Crippen MR) is 120 cm³/mol. The van der Waals surface area contributed by atoms with Gasteiger partial charge >= 0.3 is 0 Å². The number of benzene rings is 2. The van der Waals surface area contributed by atoms with E-state index in [1.807, 2.05) is 0 Å². The average Bonchev–Trinajstić information content (AvgIpc) is 2.83. The van der Waals surface area contributed by atoms with Crippen molar-refractivity contribution in [3.05, 3.63) is 53.6 Å². The van der Waals surface area contributed by atoms with Crippen LogP contribution in [-0.2, 0) is 26.0 Å². The number of nitrogens with one attached hydrogen (secondary N) is 1. The SMILES string of the molecule is COc1ccc(C=NNC(=O)CCc2ccc(S(=O)(=O)N3CCOCC3)cc2)cc1OC. The molecule has 172 valence electrons. The van der Waals surface area contributed by atoms with Crippen LogP contribution in [0.4, 0.5) is 0 Å². The van der Waals surface area contributed by atoms with Gasteiger partial charge in [-0.15, -0.1) is 0 Å². The number of morpholine rings is 1. The summed E-state index contributed by atoms with van der Waals surface area (Å²) in [4.78, 5) is 12.3. The lowest BCUT2D eigenvalue weighted by atomic mass is 10.1. The first kappa shape index (κ1) is 23.7. The van der Waals surface area contributed by atoms with Crippen molar-refractivity contribution in [1.82, 2.24) is 9.73 Å². The molecule has 1 saturated heterocycles. The Balaban J connectivity index is 1.50. The summed E-state index contributed by atoms with van der Waals surface area (Å²) in [7, 11) is -0.415. The number of aryl methyl sites for hydroxylation is 1. The first-order valence-electron chi connectivity index (χ1n) is 10.1. The number of amides is 1. The van der Waals surface area contributed by atoms with E-state index in [0.717, 1.165) is 11.1 Å². The maximum Gasteiger partial charge on any atom is 0.243 e. The van der Waals surface area contributed by atoms with Gasteiger partial charge in [0, 0.05) is 19.5 Å². The van der Waals surface area contributed by atoms with E-state index in [2.05, 4.69) is 10.5 Å². The second kappa shape index (κ2) is 11.1. The van der Waals surface area contributed by atoms with Gasteiger partial charge in [0.2, 0.25) is 15.9 Å². The van der Waals surface area contributed by atoms with E-state index in [1.165, 1.54) is 10.5 Å². The lowest BCUT2D eigenvalue weighted by Gasteiger charge is -2.26. The van der Waals surface area contributed by atoms with Crippen LogP contribution >= 0.6 is 0 Å². The first-order chi connectivity index (χ1) is 15.4. The summed E-state index contributed by atoms with van der Waals surface area (Å²) in [6.45, 7) is 1.52. The highest BCUT2D eigenvalue weighted by atomic mass is 32.2. The van der Waals surface area contributed by atoms with Gasteiger partial charge in [0.05, 0.1) is 38.5 Å². The molecule has 0 unspecified atom stereocenters. The summed E-state index contributed by atoms with van der Waals surface area (Å²) in [5.41, 5.74) is 4.11. The predicted octanol–water partition coefficient (Wildman–Crippen LogP) is 1.81. The quantitative estimate of drug-likeness (QED) is 0.451. The fraction of sp³-hybridized carbons (Fsp3) is 0.364. The number of sulfonamides is 1. The third-order valence-electron chi connectivity index (χ3n) is 4.98. The van der Waals surface area contributed by atoms with Crippen molar-refractivity contribution >= 4 is 22.1 Å². The van der Waals surface area contributed by atoms with E-state index >= 15 is 0 Å². The Kier molecular flexibility index (Phi) is 8.20. The van der Waals surface area contributed by atoms with Crippen molar-refractivity contribution in [1.29, 1.82) is 0 Å². The molecule has 3 rings (SSSR count). The molecular formula is C22H27N3O6S. The lowest BCUT2D eigenvalue weighted by molar-refractivity contribution is -0.121. The van der Waals surface area contributed by atoms with Crippen LogP contribution in [0.2, 0.25) is 0 Å². The van der Waals surface area contributed by atoms with Gasteiger partial charge in [-0.2, -0.15) is 9.41 Å². The Morgan fingerprint density at radius 1 is 1.09 bits per heavy atom. The van der Waals surface area contributed by atoms with Gasteiger partial charge in [0.15, 0.2) is 11.5 Å². The number of methoxy groups -OCH3 is 2. The molecule has 1 N–H and O–H groups in total. The molecule has 1 aliphatic rings. The molecule has 1 fully saturated rings. The Bertz CT molecular complexity index is 1050. The van der Waals surface area contributed by atoms with Crippen molar-refractivity contribution in [2.24, 2.45) is 5.10 Å². The molecule has 0 aliphatic carbocycles. The number of rotatable bonds is 9. The zero-order valence-corrected chi connectivity index (χ0v) is 18.9. The smallest absolute Gasteiger partial charge is 0.243 e. The summed E-state index contributed by atoms with van der Waals surface area (Å²) in [6.07, 6.45) is 2.21. The summed E-state index contributed by atoms with van der Waals surface area (Å²) in [5.74, 6) is 0.936. The fourth-order valence-corrected chi connectivity index (χ4v) is 4.60. The highest BCUT2D eigenvalue weighted by Crippen LogP contribution is 2.26. The van der Waals surface area contributed by atoms with E-state index in [1.54, 1.807) is 56.7 Å². The van der Waals surface area contributed by atoms with Crippen LogP contribution in [0, 0.1) is 0 Å². The van der Waals surface area contributed by atoms with Gasteiger partial charge in [-0.1, -0.05) is 12.1 Å². The maximum atomic E-state index is 12.7. The van der Waals surface area contributed by atoms with Crippen molar-refractivity contribution in [2.45, 2.75) is 17.7 Å². The number of carbonyl (C=O) groups excluding carboxylic acids is 1. The van der Waals surface area contributed by atoms with Crippen LogP contribution in [0.25, 0.3) is 0 Å². The van der Waals surface area contributed by atoms with Crippen molar-refractivity contribution < 1.29 is 27.4 Å². The van der Waals surface area contributed by atoms with Crippen molar-refractivity contribution in [3.8, 4) is 11.5 Å². The van der Waals surface area contributed by atoms with Gasteiger partial charge in [-0.25, -0.2) is 13.8 Å². The van der Waals surface area contributed by atoms with Crippen LogP contribution in [-0.4, -0.2) is 65.4 Å². The van der Waals surface area contributed by atoms with Gasteiger partial charge < -0.3 is 14.2 Å². The zero-order chi connectivity index (χ0) is 23.0. The summed E-state index contributed by atoms with van der Waals surface area (Å²) >= 11 is 0. The van der Waals surface area contributed by atoms with Crippen LogP contribution < -0.4 is 14.9 Å². The summed E-state index contributed by atoms with van der Waals surface area (Å²) in [6, 6.07) is 11.9. The van der Waals surface area contributed by atoms with Gasteiger partial charge in [0.1, 0.15) is 0 Å². The second-order valence-electron chi connectivity index (χ2n) is 7.07. The topological polar surface area (TPSA) is 107 Å². The van der Waals surface area contributed by atoms with Gasteiger partial charge in [-0.05, 0) is 47.9 Å². The molecule has 2 aromatic rings. The molecule has 1 aliphatic heterocycles. The standard InChI is InChI=1S/C22H27N3O6S/c1-29-20-9-5-18(15-21(20)30-2)16-23-24-22(26)10-6-17-3-7-19(8-4-17)32(27,28)25-11-13-31-14-12-25/h3-5,7-9,15-16H,6,10-14H2,1-2H3,(H,24,26). The molecule has 2 aromatic carbocycles. The molecule has 1 amide bonds. The molecule has 9 nitrogen and oxygen atoms in total. The minimum Gasteiger partial charge on any atom is -0.493 e. The molecule has 1 heterocycles. The number of hydrogen-bond acceptors (Lipinski definition) is 7. The molecule has 0 saturated carbocycles. The van der Waals surface area contributed by atoms with Crippen molar-refractivity contribution in [2.75, 3.05) is 40.5 Å². The van der Waals surface area contributed by atoms with E-state index < -0.39 is 10.0 Å². The Morgan fingerprint density at radius 3 is 2.44 bits per heavy atom. The Hall–Kier alpha value is -2.95. The minimum absolute atomic E-state index is 0.221. The van der Waals surface area contributed by atoms with E-state index in [4.69, 9.17) is 14.2 Å². The minimum atomic E-state index is -3.52. The number of nitrogens with zero attached hydrogens (tertiary/aromatic N) is 2. The van der Waals surface area contributed by atoms with Crippen LogP contribution in [0.5, 0.6) is 11.5 Å². The van der Waals surface area contributed by atoms with Crippen LogP contribution in [0.15, 0.2) is 52.5 Å². The Labute approximate surface area is 188 Å². The first-order valence-corrected chi connectivity index (χ1v) is 11.6. The van der Waals surface area contributed by atoms with Gasteiger partial charge in [0.25, 0.3) is 0 Å². The monoisotopic (exact) mass is 461 g/mol. The largest absolute Gasteiger partial charge is 0.493 e. The third-order valence-corrected chi connectivity index (χ3v) is 6.90. The average molecular weight is 462 g/mol. The normalized spacial score (nSPS) is 14.9. The third kappa shape index (κ3) is 6.06. The van der Waals surface area contributed by atoms with E-state index in [9.17, 15) is 13.2 Å². The van der Waals surface area contributed by atoms with Crippen LogP contribution in [0.1, 0.15) is 17.5 Å². The molecular weight excluding hydrogens is 434 g/mol. The Morgan fingerprint density at radius 2 is 1.78 bits per heavy atom. The summed E-state index contributed by atoms with van der Waals surface area (Å²) in [5, 5.41) is 3.97. The number of hydrazone groups is 1. The van der Waals surface area contributed by atoms with E-state index in [-0.39, 0.29) is 17.2 Å². The van der Waals surface area contributed by atoms with Crippen LogP contribution in [0.3, 0.4) is 0 Å². The molecule has 0 atom stereocenters. The van der Waals surface area contributed by atoms with Gasteiger partial charge in [-0.3, -0.25) is 4.79 Å². The number of carbonyl (C=O) groups is 1. The molecule has 10 heteroatoms. The summed E-state index contributed by atoms with van der Waals surface area (Å²) < 4.78 is 42.4. The van der Waals surface area contributed by atoms with E-state index in [0.29, 0.717) is 44.2 Å². The maximum absolute atomic E-state index is 12.7. The number of ether oxygens (including phenoxy) is 3.